The lowest BCUT2D eigenvalue weighted by Gasteiger charge is -2.36. The van der Waals surface area contributed by atoms with Crippen molar-refractivity contribution in [3.8, 4) is 0 Å². The maximum Gasteiger partial charge on any atom is 0.317 e. The summed E-state index contributed by atoms with van der Waals surface area (Å²) in [4.78, 5) is 13.0. The fourth-order valence-corrected chi connectivity index (χ4v) is 5.25. The standard InChI is InChI=1S/C13H23NO4S/c1-10(11-4-2-3-5-11)14(8-13(15)16)12-6-7-19(17,18)9-12/h10-12H,2-9H2,1H3,(H,15,16). The first kappa shape index (κ1) is 14.8. The highest BCUT2D eigenvalue weighted by Crippen LogP contribution is 2.32. The highest BCUT2D eigenvalue weighted by molar-refractivity contribution is 7.91. The van der Waals surface area contributed by atoms with Crippen molar-refractivity contribution < 1.29 is 18.3 Å². The predicted molar refractivity (Wildman–Crippen MR) is 72.8 cm³/mol. The van der Waals surface area contributed by atoms with Gasteiger partial charge in [0, 0.05) is 12.1 Å². The van der Waals surface area contributed by atoms with E-state index in [0.717, 1.165) is 12.8 Å². The smallest absolute Gasteiger partial charge is 0.317 e. The van der Waals surface area contributed by atoms with Gasteiger partial charge in [0.05, 0.1) is 18.1 Å². The van der Waals surface area contributed by atoms with Gasteiger partial charge in [0.25, 0.3) is 0 Å². The van der Waals surface area contributed by atoms with E-state index in [1.54, 1.807) is 0 Å². The van der Waals surface area contributed by atoms with Gasteiger partial charge in [-0.3, -0.25) is 9.69 Å². The number of sulfone groups is 1. The molecule has 1 saturated carbocycles. The van der Waals surface area contributed by atoms with Crippen molar-refractivity contribution in [1.82, 2.24) is 4.90 Å². The summed E-state index contributed by atoms with van der Waals surface area (Å²) in [5.74, 6) is -0.0282. The first-order valence-electron chi connectivity index (χ1n) is 7.07. The minimum atomic E-state index is -2.97. The largest absolute Gasteiger partial charge is 0.480 e. The number of aliphatic carboxylic acids is 1. The molecule has 2 atom stereocenters. The molecule has 2 aliphatic rings. The van der Waals surface area contributed by atoms with Gasteiger partial charge in [0.15, 0.2) is 9.84 Å². The molecule has 2 fully saturated rings. The third-order valence-electron chi connectivity index (χ3n) is 4.60. The molecule has 0 spiro atoms. The van der Waals surface area contributed by atoms with E-state index in [1.807, 2.05) is 4.90 Å². The molecule has 5 nitrogen and oxygen atoms in total. The first-order valence-corrected chi connectivity index (χ1v) is 8.89. The molecule has 0 bridgehead atoms. The zero-order valence-electron chi connectivity index (χ0n) is 11.4. The van der Waals surface area contributed by atoms with E-state index in [4.69, 9.17) is 5.11 Å². The van der Waals surface area contributed by atoms with E-state index in [-0.39, 0.29) is 30.1 Å². The molecule has 1 N–H and O–H groups in total. The summed E-state index contributed by atoms with van der Waals surface area (Å²) in [5.41, 5.74) is 0. The van der Waals surface area contributed by atoms with Gasteiger partial charge >= 0.3 is 5.97 Å². The second-order valence-electron chi connectivity index (χ2n) is 5.91. The van der Waals surface area contributed by atoms with Gasteiger partial charge in [-0.1, -0.05) is 12.8 Å². The lowest BCUT2D eigenvalue weighted by atomic mass is 9.96. The van der Waals surface area contributed by atoms with Gasteiger partial charge < -0.3 is 5.11 Å². The highest BCUT2D eigenvalue weighted by atomic mass is 32.2. The van der Waals surface area contributed by atoms with Gasteiger partial charge in [0.1, 0.15) is 0 Å². The Hall–Kier alpha value is -0.620. The Morgan fingerprint density at radius 1 is 1.32 bits per heavy atom. The Morgan fingerprint density at radius 2 is 1.95 bits per heavy atom. The third-order valence-corrected chi connectivity index (χ3v) is 6.35. The quantitative estimate of drug-likeness (QED) is 0.821. The molecule has 0 amide bonds. The Kier molecular flexibility index (Phi) is 4.50. The SMILES string of the molecule is CC(C1CCCC1)N(CC(=O)O)C1CCS(=O)(=O)C1. The summed E-state index contributed by atoms with van der Waals surface area (Å²) >= 11 is 0. The van der Waals surface area contributed by atoms with Crippen LogP contribution in [0.15, 0.2) is 0 Å². The molecular formula is C13H23NO4S. The van der Waals surface area contributed by atoms with Crippen LogP contribution in [0, 0.1) is 5.92 Å². The van der Waals surface area contributed by atoms with Crippen LogP contribution >= 0.6 is 0 Å². The first-order chi connectivity index (χ1) is 8.89. The lowest BCUT2D eigenvalue weighted by molar-refractivity contribution is -0.139. The van der Waals surface area contributed by atoms with Crippen molar-refractivity contribution >= 4 is 15.8 Å². The van der Waals surface area contributed by atoms with Crippen LogP contribution in [-0.4, -0.2) is 54.5 Å². The van der Waals surface area contributed by atoms with Crippen LogP contribution < -0.4 is 0 Å². The predicted octanol–water partition coefficient (Wildman–Crippen LogP) is 1.14. The minimum absolute atomic E-state index is 0.0438. The van der Waals surface area contributed by atoms with E-state index >= 15 is 0 Å². The van der Waals surface area contributed by atoms with Gasteiger partial charge in [-0.05, 0) is 32.1 Å². The van der Waals surface area contributed by atoms with E-state index in [9.17, 15) is 13.2 Å². The van der Waals surface area contributed by atoms with Crippen LogP contribution in [-0.2, 0) is 14.6 Å². The summed E-state index contributed by atoms with van der Waals surface area (Å²) in [5, 5.41) is 9.07. The monoisotopic (exact) mass is 289 g/mol. The molecule has 1 heterocycles. The van der Waals surface area contributed by atoms with E-state index in [0.29, 0.717) is 12.3 Å². The molecule has 2 rings (SSSR count). The van der Waals surface area contributed by atoms with Crippen molar-refractivity contribution in [2.24, 2.45) is 5.92 Å². The second kappa shape index (κ2) is 5.79. The van der Waals surface area contributed by atoms with Crippen molar-refractivity contribution in [3.63, 3.8) is 0 Å². The molecule has 1 saturated heterocycles. The summed E-state index contributed by atoms with van der Waals surface area (Å²) in [6.45, 7) is 2.02. The minimum Gasteiger partial charge on any atom is -0.480 e. The average Bonchev–Trinajstić information content (AvgIpc) is 2.94. The number of hydrogen-bond donors (Lipinski definition) is 1. The number of carbonyl (C=O) groups is 1. The van der Waals surface area contributed by atoms with Crippen LogP contribution in [0.2, 0.25) is 0 Å². The van der Waals surface area contributed by atoms with Crippen molar-refractivity contribution in [2.45, 2.75) is 51.1 Å². The van der Waals surface area contributed by atoms with Crippen molar-refractivity contribution in [2.75, 3.05) is 18.1 Å². The highest BCUT2D eigenvalue weighted by Gasteiger charge is 2.37. The summed E-state index contributed by atoms with van der Waals surface area (Å²) < 4.78 is 23.2. The Labute approximate surface area is 114 Å². The van der Waals surface area contributed by atoms with Gasteiger partial charge in [-0.2, -0.15) is 0 Å². The maximum atomic E-state index is 11.6. The van der Waals surface area contributed by atoms with Gasteiger partial charge in [-0.15, -0.1) is 0 Å². The second-order valence-corrected chi connectivity index (χ2v) is 8.14. The van der Waals surface area contributed by atoms with E-state index in [1.165, 1.54) is 12.8 Å². The van der Waals surface area contributed by atoms with Crippen LogP contribution in [0.5, 0.6) is 0 Å². The molecule has 0 radical (unpaired) electrons. The fourth-order valence-electron chi connectivity index (χ4n) is 3.51. The van der Waals surface area contributed by atoms with Gasteiger partial charge in [-0.25, -0.2) is 8.42 Å². The molecule has 2 unspecified atom stereocenters. The summed E-state index contributed by atoms with van der Waals surface area (Å²) in [6.07, 6.45) is 5.26. The Morgan fingerprint density at radius 3 is 2.42 bits per heavy atom. The summed E-state index contributed by atoms with van der Waals surface area (Å²) in [6, 6.07) is 0.0496. The van der Waals surface area contributed by atoms with Crippen molar-refractivity contribution in [3.05, 3.63) is 0 Å². The topological polar surface area (TPSA) is 74.7 Å². The molecule has 0 aromatic heterocycles. The fraction of sp³-hybridized carbons (Fsp3) is 0.923. The lowest BCUT2D eigenvalue weighted by Crippen LogP contribution is -2.48. The molecule has 1 aliphatic carbocycles. The third kappa shape index (κ3) is 3.69. The van der Waals surface area contributed by atoms with Crippen LogP contribution in [0.25, 0.3) is 0 Å². The maximum absolute atomic E-state index is 11.6. The average molecular weight is 289 g/mol. The van der Waals surface area contributed by atoms with Crippen LogP contribution in [0.4, 0.5) is 0 Å². The molecule has 19 heavy (non-hydrogen) atoms. The number of carboxylic acid groups (broad SMARTS) is 1. The molecular weight excluding hydrogens is 266 g/mol. The molecule has 0 aromatic rings. The number of carboxylic acids is 1. The molecule has 1 aliphatic heterocycles. The number of nitrogens with zero attached hydrogens (tertiary/aromatic N) is 1. The molecule has 0 aromatic carbocycles. The van der Waals surface area contributed by atoms with E-state index < -0.39 is 15.8 Å². The zero-order valence-corrected chi connectivity index (χ0v) is 12.2. The van der Waals surface area contributed by atoms with Gasteiger partial charge in [0.2, 0.25) is 0 Å². The summed E-state index contributed by atoms with van der Waals surface area (Å²) in [7, 11) is -2.97. The molecule has 6 heteroatoms. The Bertz CT molecular complexity index is 428. The van der Waals surface area contributed by atoms with Crippen molar-refractivity contribution in [1.29, 1.82) is 0 Å². The molecule has 110 valence electrons. The number of rotatable bonds is 5. The van der Waals surface area contributed by atoms with Crippen LogP contribution in [0.3, 0.4) is 0 Å². The zero-order chi connectivity index (χ0) is 14.0. The van der Waals surface area contributed by atoms with E-state index in [2.05, 4.69) is 6.92 Å². The normalized spacial score (nSPS) is 28.8. The number of hydrogen-bond acceptors (Lipinski definition) is 4. The Balaban J connectivity index is 2.08. The van der Waals surface area contributed by atoms with Crippen LogP contribution in [0.1, 0.15) is 39.0 Å².